The van der Waals surface area contributed by atoms with Crippen LogP contribution in [-0.2, 0) is 9.47 Å². The van der Waals surface area contributed by atoms with E-state index >= 15 is 0 Å². The minimum atomic E-state index is -0.887. The number of nitrogens with two attached hydrogens (primary N) is 3. The molecule has 0 saturated carbocycles. The Morgan fingerprint density at radius 2 is 0.990 bits per heavy atom. The molecule has 0 bridgehead atoms. The summed E-state index contributed by atoms with van der Waals surface area (Å²) in [5.74, 6) is -3.95. The van der Waals surface area contributed by atoms with E-state index < -0.39 is 125 Å². The number of benzene rings is 4. The van der Waals surface area contributed by atoms with Gasteiger partial charge in [0.05, 0.1) is 78.5 Å². The zero-order valence-electron chi connectivity index (χ0n) is 46.9. The number of imidazole rings is 1. The van der Waals surface area contributed by atoms with Crippen LogP contribution in [0.4, 0.5) is 20.2 Å². The van der Waals surface area contributed by atoms with Gasteiger partial charge in [-0.15, -0.1) is 22.7 Å². The topological polar surface area (TPSA) is 272 Å². The molecule has 0 atom stereocenters. The second-order valence-electron chi connectivity index (χ2n) is 15.1. The summed E-state index contributed by atoms with van der Waals surface area (Å²) in [6.45, 7) is 3.63. The molecule has 17 nitrogen and oxygen atoms in total. The Morgan fingerprint density at radius 1 is 0.614 bits per heavy atom. The molecule has 3 aromatic heterocycles. The number of nitro groups is 1. The third-order valence-electron chi connectivity index (χ3n) is 9.93. The molecule has 0 aliphatic rings. The van der Waals surface area contributed by atoms with Crippen LogP contribution in [0.3, 0.4) is 0 Å². The van der Waals surface area contributed by atoms with E-state index in [2.05, 4.69) is 364 Å². The van der Waals surface area contributed by atoms with Crippen molar-refractivity contribution in [3.63, 3.8) is 0 Å². The van der Waals surface area contributed by atoms with E-state index in [4.69, 9.17) is 82.6 Å². The molecule has 101 heavy (non-hydrogen) atoms. The standard InChI is InChI=1S/C20H14Cl2FN3O4S.C12H8ClFO3S.C8H8ClN3O4.CH4.I22.I13/c1-3-30-20(28)17-12(11-8(21)4-5-10(23)16(11)31-17)19-25-13-9(22)6-7(18(24)27)15(29-2)14(13)26-19;1-2-17-12(16)10-6(5-15)9-7(13)3-4-8(14)11(9)18-10;1-16-7-3(8(11)13)2-4(9)5(10)6(7)12(14)15;;1-13(2)15(5)17(7)19(9)21(11)22(12)20(10)18(8)16(6)14(3)4;1-8-10(4)12(6)13(7)11(5)9(2)3/h4-6H,3H2,1-2H3,(H2,24,27)(H,25,26);3-5H,2H2,1H3;2H,10H2,1H3,(H2,11,13);1H4;;/q;;;;;-1. The van der Waals surface area contributed by atoms with E-state index in [0.29, 0.717) is 30.4 Å². The van der Waals surface area contributed by atoms with Gasteiger partial charge in [0.25, 0.3) is 11.8 Å². The number of nitrogen functional groups attached to an aromatic ring is 1. The molecule has 0 radical (unpaired) electrons. The molecule has 7 N–H and O–H groups in total. The molecule has 0 fully saturated rings. The molecule has 7 rings (SSSR count). The van der Waals surface area contributed by atoms with Gasteiger partial charge in [0, 0.05) is 16.3 Å². The van der Waals surface area contributed by atoms with Crippen molar-refractivity contribution < 1.29 is 69.9 Å². The van der Waals surface area contributed by atoms with Gasteiger partial charge in [-0.25, -0.2) is 23.4 Å². The number of halogens is 41. The van der Waals surface area contributed by atoms with Crippen molar-refractivity contribution in [2.75, 3.05) is 33.2 Å². The van der Waals surface area contributed by atoms with E-state index in [1.54, 1.807) is 13.8 Å². The van der Waals surface area contributed by atoms with Crippen molar-refractivity contribution in [1.82, 2.24) is 9.97 Å². The molecule has 0 unspecified atom stereocenters. The average Bonchev–Trinajstić information content (AvgIpc) is 1.59. The van der Waals surface area contributed by atoms with Gasteiger partial charge in [-0.1, -0.05) is 53.8 Å². The molecule has 0 saturated heterocycles. The number of hydrogen-bond donors (Lipinski definition) is 4. The summed E-state index contributed by atoms with van der Waals surface area (Å²) < 4.78 is 48.6. The number of aromatic amines is 1. The number of anilines is 1. The molecular weight excluding hydrogens is 5440 g/mol. The monoisotopic (exact) mass is 5470 g/mol. The molecule has 2 amide bonds. The molecule has 7 aromatic rings. The maximum absolute atomic E-state index is 14.5. The molecule has 3 heterocycles. The summed E-state index contributed by atoms with van der Waals surface area (Å²) in [6.07, 6.45) is 0.496. The molecule has 60 heteroatoms. The Kier molecular flexibility index (Phi) is 69.4. The third-order valence-corrected chi connectivity index (χ3v) is 2240. The number of rotatable bonds is 25. The van der Waals surface area contributed by atoms with Crippen LogP contribution in [0.25, 0.3) is 42.6 Å². The molecule has 0 aliphatic carbocycles. The zero-order valence-corrected chi connectivity index (χ0v) is 127. The Hall–Kier alpha value is 19.2. The first-order valence-corrected chi connectivity index (χ1v) is 233. The number of aromatic nitrogens is 2. The Bertz CT molecular complexity index is 4020. The van der Waals surface area contributed by atoms with Crippen LogP contribution in [0.15, 0.2) is 36.4 Å². The van der Waals surface area contributed by atoms with Crippen LogP contribution >= 0.6 is 541 Å². The number of hydrogen-bond acceptors (Lipinski definition) is 15. The van der Waals surface area contributed by atoms with Gasteiger partial charge in [-0.3, -0.25) is 24.5 Å². The van der Waals surface area contributed by atoms with Gasteiger partial charge >= 0.3 is 503 Å². The third kappa shape index (κ3) is 35.3. The number of nitro benzene ring substituents is 1. The van der Waals surface area contributed by atoms with Crippen LogP contribution in [0.2, 0.25) is 20.1 Å². The predicted molar refractivity (Wildman–Crippen MR) is 727 cm³/mol. The fourth-order valence-corrected chi connectivity index (χ4v) is 4830. The normalized spacial score (nSPS) is 13.0. The number of aldehydes is 1. The Labute approximate surface area is 855 Å². The van der Waals surface area contributed by atoms with Gasteiger partial charge < -0.3 is 41.1 Å². The molecular formula is C41H34Cl4F2I35N6O11S2-. The second-order valence-corrected chi connectivity index (χ2v) is 766. The minimum absolute atomic E-state index is 0. The van der Waals surface area contributed by atoms with Crippen LogP contribution in [0.1, 0.15) is 71.7 Å². The van der Waals surface area contributed by atoms with Gasteiger partial charge in [0.2, 0.25) is 5.75 Å². The number of esters is 2. The number of carbonyl (C=O) groups is 5. The average molecular weight is 5470 g/mol. The van der Waals surface area contributed by atoms with E-state index in [1.807, 2.05) is 0 Å². The molecule has 594 valence electrons. The fraction of sp³-hybridized carbons (Fsp3) is 0.171. The number of thiophene rings is 2. The van der Waals surface area contributed by atoms with Gasteiger partial charge in [-0.05, 0) is 50.2 Å². The number of ether oxygens (including phenoxy) is 4. The van der Waals surface area contributed by atoms with Gasteiger partial charge in [0.1, 0.15) is 43.9 Å². The first-order valence-electron chi connectivity index (χ1n) is 22.8. The number of nitrogens with one attached hydrogen (secondary N) is 1. The predicted octanol–water partition coefficient (Wildman–Crippen LogP) is 37.5. The van der Waals surface area contributed by atoms with Crippen LogP contribution in [-0.4, -0.2) is 72.4 Å². The fourth-order valence-electron chi connectivity index (χ4n) is 6.49. The number of methoxy groups -OCH3 is 2. The first-order chi connectivity index (χ1) is 46.6. The van der Waals surface area contributed by atoms with Crippen molar-refractivity contribution in [2.45, 2.75) is 21.3 Å². The molecule has 0 spiro atoms. The molecule has 0 aliphatic heterocycles. The van der Waals surface area contributed by atoms with Crippen molar-refractivity contribution in [3.8, 4) is 22.9 Å². The van der Waals surface area contributed by atoms with Crippen LogP contribution in [0, 0.1) is 21.7 Å². The SMILES string of the molecule is C.CCOC(=O)c1sc2c(F)ccc(Cl)c2c1-c1nc2c(Cl)cc(C(N)=O)c(OC)c2[nH]1.CCOC(=O)c1sc2c(F)ccc(Cl)c2c1C=O.COc1c(C(N)=O)cc(Cl)c(N)c1[N+](=O)[O-].II(I)I(I)I(I)I(I)I(I)I(I)I(I)I(I)I(I)I(I)I.I[I-]I(I)I(I)I(I)I(I)I(I)I. The summed E-state index contributed by atoms with van der Waals surface area (Å²) in [7, 11) is -3.22. The van der Waals surface area contributed by atoms with Gasteiger partial charge in [-0.2, -0.15) is 0 Å². The quantitative estimate of drug-likeness (QED) is 0.0104. The summed E-state index contributed by atoms with van der Waals surface area (Å²) in [4.78, 5) is 76.0. The summed E-state index contributed by atoms with van der Waals surface area (Å²) >= 11 is 83.7. The molecule has 4 aromatic carbocycles. The number of amides is 2. The maximum atomic E-state index is 14.5. The number of carbonyl (C=O) groups excluding carboxylic acids is 5. The Morgan fingerprint density at radius 3 is 1.38 bits per heavy atom. The van der Waals surface area contributed by atoms with Gasteiger partial charge in [0.15, 0.2) is 12.0 Å². The number of H-pyrrole nitrogens is 1. The Balaban J connectivity index is 0.000000444. The van der Waals surface area contributed by atoms with E-state index in [1.165, 1.54) is 44.6 Å². The zero-order chi connectivity index (χ0) is 76.6. The van der Waals surface area contributed by atoms with E-state index in [9.17, 15) is 42.9 Å². The summed E-state index contributed by atoms with van der Waals surface area (Å²) in [5.41, 5.74) is 15.8. The van der Waals surface area contributed by atoms with Crippen molar-refractivity contribution >= 4 is 614 Å². The van der Waals surface area contributed by atoms with Crippen molar-refractivity contribution in [2.24, 2.45) is 11.5 Å². The number of primary amides is 2. The number of nitrogens with zero attached hydrogens (tertiary/aromatic N) is 2. The van der Waals surface area contributed by atoms with E-state index in [-0.39, 0.29) is 156 Å². The van der Waals surface area contributed by atoms with E-state index in [0.717, 1.165) is 28.7 Å². The van der Waals surface area contributed by atoms with Crippen molar-refractivity contribution in [3.05, 3.63) is 105 Å². The summed E-state index contributed by atoms with van der Waals surface area (Å²) in [5, 5.41) is 11.8. The van der Waals surface area contributed by atoms with Crippen LogP contribution < -0.4 is 39.9 Å². The first kappa shape index (κ1) is 116. The van der Waals surface area contributed by atoms with Crippen LogP contribution in [0.5, 0.6) is 11.5 Å². The second kappa shape index (κ2) is 60.3. The summed E-state index contributed by atoms with van der Waals surface area (Å²) in [6, 6.07) is 7.65. The number of fused-ring (bicyclic) bond motifs is 3. The van der Waals surface area contributed by atoms with Crippen molar-refractivity contribution in [1.29, 1.82) is 0 Å².